The predicted octanol–water partition coefficient (Wildman–Crippen LogP) is 15.2. The van der Waals surface area contributed by atoms with Crippen LogP contribution in [-0.2, 0) is 5.41 Å². The van der Waals surface area contributed by atoms with Gasteiger partial charge in [-0.1, -0.05) is 147 Å². The molecule has 0 radical (unpaired) electrons. The molecule has 0 unspecified atom stereocenters. The first-order valence-electron chi connectivity index (χ1n) is 20.6. The van der Waals surface area contributed by atoms with Crippen LogP contribution >= 0.6 is 0 Å². The Hall–Kier alpha value is -7.42. The van der Waals surface area contributed by atoms with E-state index in [9.17, 15) is 0 Å². The highest BCUT2D eigenvalue weighted by Gasteiger charge is 2.36. The molecule has 1 aliphatic rings. The van der Waals surface area contributed by atoms with E-state index in [1.54, 1.807) is 0 Å². The van der Waals surface area contributed by atoms with E-state index in [-0.39, 0.29) is 5.41 Å². The highest BCUT2D eigenvalue weighted by atomic mass is 15.0. The summed E-state index contributed by atoms with van der Waals surface area (Å²) in [7, 11) is 0. The molecule has 11 aromatic rings. The lowest BCUT2D eigenvalue weighted by molar-refractivity contribution is 0.661. The average Bonchev–Trinajstić information content (AvgIpc) is 3.89. The second-order valence-electron chi connectivity index (χ2n) is 16.6. The summed E-state index contributed by atoms with van der Waals surface area (Å²) in [5.41, 5.74) is 20.0. The van der Waals surface area contributed by atoms with Crippen molar-refractivity contribution in [1.82, 2.24) is 9.13 Å². The molecule has 1 aliphatic carbocycles. The lowest BCUT2D eigenvalue weighted by atomic mass is 9.80. The molecule has 9 aromatic carbocycles. The van der Waals surface area contributed by atoms with Crippen LogP contribution in [0.25, 0.3) is 99.5 Å². The molecule has 278 valence electrons. The van der Waals surface area contributed by atoms with Gasteiger partial charge in [0.05, 0.1) is 22.1 Å². The SMILES string of the molecule is CC1(C)c2cc(-c3ccc(-c4ccc5c(c4)c4ccccc4n5-c4ccccc4)cc3)ccc2-c2ccc(-c3ccc4c(c3)c3ccccc3n4-c3ccccc3)cc21. The maximum Gasteiger partial charge on any atom is 0.0541 e. The number of rotatable bonds is 5. The Morgan fingerprint density at radius 1 is 0.288 bits per heavy atom. The Balaban J connectivity index is 0.871. The van der Waals surface area contributed by atoms with Gasteiger partial charge in [0.2, 0.25) is 0 Å². The summed E-state index contributed by atoms with van der Waals surface area (Å²) in [6, 6.07) is 76.0. The monoisotopic (exact) mass is 752 g/mol. The topological polar surface area (TPSA) is 9.86 Å². The Morgan fingerprint density at radius 3 is 1.10 bits per heavy atom. The van der Waals surface area contributed by atoms with Crippen molar-refractivity contribution in [2.75, 3.05) is 0 Å². The standard InChI is InChI=1S/C57H40N2/c1-57(2)51-35-41(38-23-21-37(22-24-38)39-27-31-55-49(33-39)47-17-9-11-19-53(47)58(55)43-13-5-3-6-14-43)25-29-45(51)46-30-26-42(36-52(46)57)40-28-32-56-50(34-40)48-18-10-12-20-54(48)59(56)44-15-7-4-8-16-44/h3-36H,1-2H3. The van der Waals surface area contributed by atoms with Crippen LogP contribution in [0.5, 0.6) is 0 Å². The van der Waals surface area contributed by atoms with Crippen molar-refractivity contribution in [3.05, 3.63) is 217 Å². The number of fused-ring (bicyclic) bond motifs is 9. The minimum absolute atomic E-state index is 0.140. The molecule has 2 aromatic heterocycles. The van der Waals surface area contributed by atoms with E-state index in [0.29, 0.717) is 0 Å². The third-order valence-corrected chi connectivity index (χ3v) is 12.9. The summed E-state index contributed by atoms with van der Waals surface area (Å²) >= 11 is 0. The van der Waals surface area contributed by atoms with Gasteiger partial charge in [-0.15, -0.1) is 0 Å². The molecule has 0 saturated carbocycles. The van der Waals surface area contributed by atoms with Crippen molar-refractivity contribution < 1.29 is 0 Å². The van der Waals surface area contributed by atoms with Crippen molar-refractivity contribution >= 4 is 43.6 Å². The van der Waals surface area contributed by atoms with Gasteiger partial charge in [0.1, 0.15) is 0 Å². The third-order valence-electron chi connectivity index (χ3n) is 12.9. The first-order chi connectivity index (χ1) is 29.0. The smallest absolute Gasteiger partial charge is 0.0541 e. The normalized spacial score (nSPS) is 13.1. The second-order valence-corrected chi connectivity index (χ2v) is 16.6. The maximum atomic E-state index is 2.44. The van der Waals surface area contributed by atoms with E-state index in [1.165, 1.54) is 111 Å². The molecular formula is C57H40N2. The van der Waals surface area contributed by atoms with Crippen molar-refractivity contribution in [3.63, 3.8) is 0 Å². The molecule has 0 N–H and O–H groups in total. The summed E-state index contributed by atoms with van der Waals surface area (Å²) in [5, 5.41) is 5.09. The van der Waals surface area contributed by atoms with Crippen LogP contribution in [0.2, 0.25) is 0 Å². The first kappa shape index (κ1) is 33.7. The molecule has 12 rings (SSSR count). The second kappa shape index (κ2) is 12.8. The van der Waals surface area contributed by atoms with E-state index in [1.807, 2.05) is 0 Å². The van der Waals surface area contributed by atoms with E-state index in [0.717, 1.165) is 0 Å². The molecule has 2 nitrogen and oxygen atoms in total. The van der Waals surface area contributed by atoms with Crippen LogP contribution in [0, 0.1) is 0 Å². The van der Waals surface area contributed by atoms with Gasteiger partial charge < -0.3 is 9.13 Å². The van der Waals surface area contributed by atoms with E-state index in [4.69, 9.17) is 0 Å². The summed E-state index contributed by atoms with van der Waals surface area (Å²) in [4.78, 5) is 0. The van der Waals surface area contributed by atoms with Gasteiger partial charge >= 0.3 is 0 Å². The van der Waals surface area contributed by atoms with E-state index in [2.05, 4.69) is 229 Å². The van der Waals surface area contributed by atoms with Crippen LogP contribution in [0.3, 0.4) is 0 Å². The van der Waals surface area contributed by atoms with Gasteiger partial charge in [0, 0.05) is 38.3 Å². The van der Waals surface area contributed by atoms with Crippen molar-refractivity contribution in [3.8, 4) is 55.9 Å². The lowest BCUT2D eigenvalue weighted by Gasteiger charge is -2.22. The van der Waals surface area contributed by atoms with E-state index < -0.39 is 0 Å². The van der Waals surface area contributed by atoms with Gasteiger partial charge in [0.25, 0.3) is 0 Å². The fraction of sp³-hybridized carbons (Fsp3) is 0.0526. The van der Waals surface area contributed by atoms with Gasteiger partial charge in [-0.3, -0.25) is 0 Å². The number of nitrogens with zero attached hydrogens (tertiary/aromatic N) is 2. The fourth-order valence-corrected chi connectivity index (χ4v) is 9.97. The van der Waals surface area contributed by atoms with Crippen molar-refractivity contribution in [2.45, 2.75) is 19.3 Å². The van der Waals surface area contributed by atoms with Gasteiger partial charge in [-0.05, 0) is 128 Å². The van der Waals surface area contributed by atoms with Gasteiger partial charge in [-0.2, -0.15) is 0 Å². The van der Waals surface area contributed by atoms with Gasteiger partial charge in [-0.25, -0.2) is 0 Å². The van der Waals surface area contributed by atoms with Crippen molar-refractivity contribution in [2.24, 2.45) is 0 Å². The number of aromatic nitrogens is 2. The highest BCUT2D eigenvalue weighted by Crippen LogP contribution is 2.51. The van der Waals surface area contributed by atoms with Crippen LogP contribution in [0.15, 0.2) is 206 Å². The maximum absolute atomic E-state index is 2.44. The molecule has 0 amide bonds. The number of benzene rings is 9. The Kier molecular flexibility index (Phi) is 7.31. The zero-order chi connectivity index (χ0) is 39.2. The summed E-state index contributed by atoms with van der Waals surface area (Å²) in [5.74, 6) is 0. The quantitative estimate of drug-likeness (QED) is 0.166. The molecule has 0 atom stereocenters. The largest absolute Gasteiger partial charge is 0.309 e. The molecule has 2 heterocycles. The Labute approximate surface area is 343 Å². The lowest BCUT2D eigenvalue weighted by Crippen LogP contribution is -2.15. The first-order valence-corrected chi connectivity index (χ1v) is 20.6. The zero-order valence-corrected chi connectivity index (χ0v) is 33.0. The predicted molar refractivity (Wildman–Crippen MR) is 249 cm³/mol. The summed E-state index contributed by atoms with van der Waals surface area (Å²) < 4.78 is 4.76. The molecule has 0 bridgehead atoms. The molecule has 2 heteroatoms. The minimum Gasteiger partial charge on any atom is -0.309 e. The molecule has 59 heavy (non-hydrogen) atoms. The zero-order valence-electron chi connectivity index (χ0n) is 33.0. The molecular weight excluding hydrogens is 713 g/mol. The number of hydrogen-bond donors (Lipinski definition) is 0. The van der Waals surface area contributed by atoms with Crippen molar-refractivity contribution in [1.29, 1.82) is 0 Å². The summed E-state index contributed by atoms with van der Waals surface area (Å²) in [6.07, 6.45) is 0. The van der Waals surface area contributed by atoms with Gasteiger partial charge in [0.15, 0.2) is 0 Å². The van der Waals surface area contributed by atoms with Crippen LogP contribution < -0.4 is 0 Å². The third kappa shape index (κ3) is 5.13. The molecule has 0 aliphatic heterocycles. The highest BCUT2D eigenvalue weighted by molar-refractivity contribution is 6.11. The molecule has 0 spiro atoms. The number of para-hydroxylation sites is 4. The van der Waals surface area contributed by atoms with Crippen LogP contribution in [0.4, 0.5) is 0 Å². The minimum atomic E-state index is -0.140. The fourth-order valence-electron chi connectivity index (χ4n) is 9.97. The van der Waals surface area contributed by atoms with Crippen LogP contribution in [0.1, 0.15) is 25.0 Å². The van der Waals surface area contributed by atoms with E-state index >= 15 is 0 Å². The molecule has 0 fully saturated rings. The average molecular weight is 753 g/mol. The molecule has 0 saturated heterocycles. The number of hydrogen-bond acceptors (Lipinski definition) is 0. The Bertz CT molecular complexity index is 3440. The Morgan fingerprint density at radius 2 is 0.627 bits per heavy atom. The summed E-state index contributed by atoms with van der Waals surface area (Å²) in [6.45, 7) is 4.77. The van der Waals surface area contributed by atoms with Crippen LogP contribution in [-0.4, -0.2) is 9.13 Å².